The summed E-state index contributed by atoms with van der Waals surface area (Å²) in [7, 11) is -3.38. The van der Waals surface area contributed by atoms with Gasteiger partial charge in [0.2, 0.25) is 5.91 Å². The number of hydrogen-bond donors (Lipinski definition) is 2. The number of carbonyl (C=O) groups excluding carboxylic acids is 1. The Hall–Kier alpha value is -1.52. The highest BCUT2D eigenvalue weighted by Gasteiger charge is 2.37. The quantitative estimate of drug-likeness (QED) is 0.754. The number of carbonyl (C=O) groups is 1. The van der Waals surface area contributed by atoms with Crippen LogP contribution < -0.4 is 10.9 Å². The maximum absolute atomic E-state index is 12.9. The van der Waals surface area contributed by atoms with Gasteiger partial charge in [-0.15, -0.1) is 0 Å². The Morgan fingerprint density at radius 3 is 2.18 bits per heavy atom. The lowest BCUT2D eigenvalue weighted by atomic mass is 10.0. The standard InChI is InChI=1S/C19H29N5O3S/c1-15-4-6-16(7-5-15)17-14-18(21-20-17)19(25)22-10-12-24(13-11-22)28(26,27)23-8-2-3-9-23/h4-7,17-18,20-21H,2-3,8-14H2,1H3. The second-order valence-corrected chi connectivity index (χ2v) is 9.81. The molecule has 1 amide bonds. The molecule has 8 nitrogen and oxygen atoms in total. The Morgan fingerprint density at radius 2 is 1.54 bits per heavy atom. The zero-order chi connectivity index (χ0) is 19.7. The number of hydrogen-bond acceptors (Lipinski definition) is 5. The Bertz CT molecular complexity index is 799. The van der Waals surface area contributed by atoms with E-state index in [-0.39, 0.29) is 18.0 Å². The molecule has 3 aliphatic heterocycles. The maximum Gasteiger partial charge on any atom is 0.282 e. The van der Waals surface area contributed by atoms with Crippen molar-refractivity contribution < 1.29 is 13.2 Å². The lowest BCUT2D eigenvalue weighted by Crippen LogP contribution is -2.56. The molecule has 3 saturated heterocycles. The Kier molecular flexibility index (Phi) is 5.71. The molecule has 28 heavy (non-hydrogen) atoms. The molecule has 0 bridgehead atoms. The summed E-state index contributed by atoms with van der Waals surface area (Å²) in [6, 6.07) is 8.14. The zero-order valence-electron chi connectivity index (χ0n) is 16.3. The van der Waals surface area contributed by atoms with Crippen LogP contribution in [0.1, 0.15) is 36.4 Å². The monoisotopic (exact) mass is 407 g/mol. The van der Waals surface area contributed by atoms with Crippen molar-refractivity contribution in [3.05, 3.63) is 35.4 Å². The van der Waals surface area contributed by atoms with Crippen molar-refractivity contribution in [3.63, 3.8) is 0 Å². The summed E-state index contributed by atoms with van der Waals surface area (Å²) in [6.45, 7) is 4.90. The fourth-order valence-corrected chi connectivity index (χ4v) is 5.85. The molecular weight excluding hydrogens is 378 g/mol. The van der Waals surface area contributed by atoms with Gasteiger partial charge in [0.25, 0.3) is 10.2 Å². The van der Waals surface area contributed by atoms with Gasteiger partial charge in [-0.3, -0.25) is 4.79 Å². The molecule has 9 heteroatoms. The van der Waals surface area contributed by atoms with Crippen LogP contribution in [0, 0.1) is 6.92 Å². The average molecular weight is 408 g/mol. The van der Waals surface area contributed by atoms with Crippen LogP contribution in [0.3, 0.4) is 0 Å². The van der Waals surface area contributed by atoms with Crippen molar-refractivity contribution in [3.8, 4) is 0 Å². The average Bonchev–Trinajstić information content (AvgIpc) is 3.41. The van der Waals surface area contributed by atoms with Crippen LogP contribution in [0.15, 0.2) is 24.3 Å². The number of aryl methyl sites for hydroxylation is 1. The molecule has 0 radical (unpaired) electrons. The van der Waals surface area contributed by atoms with Crippen molar-refractivity contribution in [2.24, 2.45) is 0 Å². The molecule has 2 atom stereocenters. The first-order valence-electron chi connectivity index (χ1n) is 10.1. The van der Waals surface area contributed by atoms with Crippen LogP contribution in [0.4, 0.5) is 0 Å². The first-order valence-corrected chi connectivity index (χ1v) is 11.5. The van der Waals surface area contributed by atoms with E-state index in [4.69, 9.17) is 0 Å². The van der Waals surface area contributed by atoms with E-state index < -0.39 is 10.2 Å². The van der Waals surface area contributed by atoms with Crippen molar-refractivity contribution in [1.29, 1.82) is 0 Å². The molecule has 0 aromatic heterocycles. The van der Waals surface area contributed by atoms with Gasteiger partial charge in [-0.05, 0) is 31.7 Å². The number of rotatable bonds is 4. The number of piperazine rings is 1. The lowest BCUT2D eigenvalue weighted by molar-refractivity contribution is -0.134. The highest BCUT2D eigenvalue weighted by atomic mass is 32.2. The number of benzene rings is 1. The third-order valence-electron chi connectivity index (χ3n) is 5.95. The fourth-order valence-electron chi connectivity index (χ4n) is 4.18. The van der Waals surface area contributed by atoms with E-state index in [0.717, 1.165) is 18.4 Å². The van der Waals surface area contributed by atoms with E-state index in [1.807, 2.05) is 0 Å². The summed E-state index contributed by atoms with van der Waals surface area (Å²) in [5, 5.41) is 0. The van der Waals surface area contributed by atoms with Crippen LogP contribution in [-0.4, -0.2) is 73.1 Å². The summed E-state index contributed by atoms with van der Waals surface area (Å²) >= 11 is 0. The summed E-state index contributed by atoms with van der Waals surface area (Å²) in [6.07, 6.45) is 2.55. The number of hydrazine groups is 1. The van der Waals surface area contributed by atoms with Gasteiger partial charge < -0.3 is 4.90 Å². The smallest absolute Gasteiger partial charge is 0.282 e. The van der Waals surface area contributed by atoms with Gasteiger partial charge >= 0.3 is 0 Å². The highest BCUT2D eigenvalue weighted by molar-refractivity contribution is 7.86. The van der Waals surface area contributed by atoms with E-state index in [9.17, 15) is 13.2 Å². The first-order chi connectivity index (χ1) is 13.4. The summed E-state index contributed by atoms with van der Waals surface area (Å²) in [5.74, 6) is 0.0420. The molecule has 2 unspecified atom stereocenters. The third-order valence-corrected chi connectivity index (χ3v) is 7.98. The van der Waals surface area contributed by atoms with Crippen molar-refractivity contribution >= 4 is 16.1 Å². The highest BCUT2D eigenvalue weighted by Crippen LogP contribution is 2.24. The van der Waals surface area contributed by atoms with Crippen molar-refractivity contribution in [1.82, 2.24) is 24.4 Å². The first kappa shape index (κ1) is 19.8. The number of nitrogens with one attached hydrogen (secondary N) is 2. The van der Waals surface area contributed by atoms with Gasteiger partial charge in [-0.1, -0.05) is 29.8 Å². The van der Waals surface area contributed by atoms with E-state index in [0.29, 0.717) is 45.7 Å². The third kappa shape index (κ3) is 3.95. The molecule has 1 aromatic carbocycles. The number of nitrogens with zero attached hydrogens (tertiary/aromatic N) is 3. The molecular formula is C19H29N5O3S. The predicted molar refractivity (Wildman–Crippen MR) is 106 cm³/mol. The van der Waals surface area contributed by atoms with Crippen molar-refractivity contribution in [2.45, 2.75) is 38.3 Å². The van der Waals surface area contributed by atoms with E-state index in [1.165, 1.54) is 9.87 Å². The van der Waals surface area contributed by atoms with Crippen LogP contribution >= 0.6 is 0 Å². The van der Waals surface area contributed by atoms with Gasteiger partial charge in [-0.25, -0.2) is 10.9 Å². The maximum atomic E-state index is 12.9. The van der Waals surface area contributed by atoms with E-state index >= 15 is 0 Å². The predicted octanol–water partition coefficient (Wildman–Crippen LogP) is 0.387. The molecule has 0 saturated carbocycles. The molecule has 2 N–H and O–H groups in total. The minimum Gasteiger partial charge on any atom is -0.339 e. The molecule has 3 aliphatic rings. The second-order valence-electron chi connectivity index (χ2n) is 7.88. The van der Waals surface area contributed by atoms with Gasteiger partial charge in [0.15, 0.2) is 0 Å². The minimum atomic E-state index is -3.38. The molecule has 154 valence electrons. The van der Waals surface area contributed by atoms with Gasteiger partial charge in [0.1, 0.15) is 6.04 Å². The Morgan fingerprint density at radius 1 is 0.929 bits per heavy atom. The van der Waals surface area contributed by atoms with E-state index in [1.54, 1.807) is 9.21 Å². The van der Waals surface area contributed by atoms with Gasteiger partial charge in [0.05, 0.1) is 0 Å². The van der Waals surface area contributed by atoms with Crippen LogP contribution in [0.2, 0.25) is 0 Å². The van der Waals surface area contributed by atoms with Crippen molar-refractivity contribution in [2.75, 3.05) is 39.3 Å². The van der Waals surface area contributed by atoms with Crippen LogP contribution in [-0.2, 0) is 15.0 Å². The number of amides is 1. The lowest BCUT2D eigenvalue weighted by Gasteiger charge is -2.36. The normalized spacial score (nSPS) is 27.4. The van der Waals surface area contributed by atoms with Crippen LogP contribution in [0.5, 0.6) is 0 Å². The Labute approximate surface area is 167 Å². The largest absolute Gasteiger partial charge is 0.339 e. The molecule has 0 aliphatic carbocycles. The molecule has 1 aromatic rings. The summed E-state index contributed by atoms with van der Waals surface area (Å²) in [5.41, 5.74) is 8.72. The topological polar surface area (TPSA) is 85.0 Å². The van der Waals surface area contributed by atoms with E-state index in [2.05, 4.69) is 42.0 Å². The molecule has 3 heterocycles. The fraction of sp³-hybridized carbons (Fsp3) is 0.632. The zero-order valence-corrected chi connectivity index (χ0v) is 17.1. The van der Waals surface area contributed by atoms with Gasteiger partial charge in [-0.2, -0.15) is 17.0 Å². The molecule has 0 spiro atoms. The van der Waals surface area contributed by atoms with Crippen LogP contribution in [0.25, 0.3) is 0 Å². The summed E-state index contributed by atoms with van der Waals surface area (Å²) in [4.78, 5) is 14.7. The minimum absolute atomic E-state index is 0.0420. The van der Waals surface area contributed by atoms with Gasteiger partial charge in [0, 0.05) is 45.3 Å². The SMILES string of the molecule is Cc1ccc(C2CC(C(=O)N3CCN(S(=O)(=O)N4CCCC4)CC3)NN2)cc1. The molecule has 3 fully saturated rings. The molecule has 4 rings (SSSR count). The Balaban J connectivity index is 1.31. The second kappa shape index (κ2) is 8.08. The summed E-state index contributed by atoms with van der Waals surface area (Å²) < 4.78 is 28.4.